The Morgan fingerprint density at radius 1 is 0.508 bits per heavy atom. The van der Waals surface area contributed by atoms with E-state index in [9.17, 15) is 79.8 Å². The number of anilines is 2. The van der Waals surface area contributed by atoms with E-state index in [1.165, 1.54) is 6.92 Å². The van der Waals surface area contributed by atoms with Crippen molar-refractivity contribution in [3.8, 4) is 0 Å². The lowest BCUT2D eigenvalue weighted by Crippen LogP contribution is -2.42. The van der Waals surface area contributed by atoms with Crippen LogP contribution in [-0.2, 0) is 9.59 Å². The lowest BCUT2D eigenvalue weighted by atomic mass is 9.99. The first-order valence-electron chi connectivity index (χ1n) is 18.4. The molecule has 2 rings (SSSR count). The van der Waals surface area contributed by atoms with Gasteiger partial charge in [-0.1, -0.05) is 0 Å². The van der Waals surface area contributed by atoms with E-state index in [2.05, 4.69) is 21.3 Å². The molecule has 0 saturated heterocycles. The Balaban J connectivity index is 2.62. The quantitative estimate of drug-likeness (QED) is 0.0332. The van der Waals surface area contributed by atoms with Gasteiger partial charge in [0.1, 0.15) is 0 Å². The fourth-order valence-electron chi connectivity index (χ4n) is 5.73. The van der Waals surface area contributed by atoms with Crippen LogP contribution in [-0.4, -0.2) is 190 Å². The SMILES string of the molecule is Cc1c(C(=O)NCC(O)CO)c(I)c(C(=O)NC(CO)CO)c(I)c1N(C=O)CC(O)CC(O)CN(C=O)c1c(I)c(C(=O)NCC(O)CO)c(I)c(C(=O)NC(CO)CO)c1I. The second-order valence-corrected chi connectivity index (χ2v) is 19.0. The summed E-state index contributed by atoms with van der Waals surface area (Å²) in [7, 11) is 0. The number of benzene rings is 2. The second-order valence-electron chi connectivity index (χ2n) is 13.6. The summed E-state index contributed by atoms with van der Waals surface area (Å²) in [5.41, 5.74) is -0.459. The number of hydrogen-bond acceptors (Lipinski definition) is 16. The van der Waals surface area contributed by atoms with Crippen LogP contribution in [0.4, 0.5) is 11.4 Å². The van der Waals surface area contributed by atoms with E-state index < -0.39 is 119 Å². The summed E-state index contributed by atoms with van der Waals surface area (Å²) in [4.78, 5) is 81.6. The monoisotopic (exact) mass is 1450 g/mol. The van der Waals surface area contributed by atoms with Crippen molar-refractivity contribution in [2.45, 2.75) is 49.8 Å². The van der Waals surface area contributed by atoms with Crippen LogP contribution in [0, 0.1) is 24.8 Å². The van der Waals surface area contributed by atoms with Gasteiger partial charge in [0.15, 0.2) is 0 Å². The van der Waals surface area contributed by atoms with Crippen molar-refractivity contribution in [3.63, 3.8) is 0 Å². The van der Waals surface area contributed by atoms with Crippen molar-refractivity contribution in [2.24, 2.45) is 0 Å². The number of carbonyl (C=O) groups excluding carboxylic acids is 6. The summed E-state index contributed by atoms with van der Waals surface area (Å²) in [5, 5.41) is 109. The van der Waals surface area contributed by atoms with Gasteiger partial charge in [-0.05, 0) is 125 Å². The Labute approximate surface area is 428 Å². The maximum absolute atomic E-state index is 13.6. The summed E-state index contributed by atoms with van der Waals surface area (Å²) in [6, 6.07) is -2.20. The van der Waals surface area contributed by atoms with Gasteiger partial charge in [0.25, 0.3) is 23.6 Å². The average Bonchev–Trinajstić information content (AvgIpc) is 3.24. The fourth-order valence-corrected chi connectivity index (χ4v) is 13.4. The molecular weight excluding hydrogens is 1410 g/mol. The van der Waals surface area contributed by atoms with Crippen LogP contribution in [0.15, 0.2) is 0 Å². The van der Waals surface area contributed by atoms with Gasteiger partial charge < -0.3 is 82.1 Å². The maximum Gasteiger partial charge on any atom is 0.253 e. The Bertz CT molecular complexity index is 1830. The van der Waals surface area contributed by atoms with Gasteiger partial charge in [0, 0.05) is 26.7 Å². The van der Waals surface area contributed by atoms with Crippen molar-refractivity contribution in [1.29, 1.82) is 0 Å². The summed E-state index contributed by atoms with van der Waals surface area (Å²) in [6.45, 7) is -4.34. The normalized spacial score (nSPS) is 13.2. The number of halogens is 5. The van der Waals surface area contributed by atoms with E-state index in [0.29, 0.717) is 12.8 Å². The van der Waals surface area contributed by atoms with Crippen LogP contribution in [0.5, 0.6) is 0 Å². The minimum atomic E-state index is -1.56. The highest BCUT2D eigenvalue weighted by Crippen LogP contribution is 2.39. The maximum atomic E-state index is 13.6. The van der Waals surface area contributed by atoms with Crippen molar-refractivity contribution in [3.05, 3.63) is 45.7 Å². The minimum Gasteiger partial charge on any atom is -0.394 e. The molecule has 0 aromatic heterocycles. The Kier molecular flexibility index (Phi) is 25.6. The summed E-state index contributed by atoms with van der Waals surface area (Å²) in [5.74, 6) is -3.31. The molecule has 0 aliphatic carbocycles. The van der Waals surface area contributed by atoms with Crippen LogP contribution < -0.4 is 31.1 Å². The molecule has 14 N–H and O–H groups in total. The molecule has 2 aromatic carbocycles. The third-order valence-corrected chi connectivity index (χ3v) is 14.3. The molecule has 0 fully saturated rings. The molecule has 6 amide bonds. The average molecular weight is 1450 g/mol. The molecule has 0 saturated carbocycles. The first-order chi connectivity index (χ1) is 29.7. The van der Waals surface area contributed by atoms with Gasteiger partial charge in [-0.3, -0.25) is 28.8 Å². The van der Waals surface area contributed by atoms with Gasteiger partial charge in [-0.15, -0.1) is 0 Å². The zero-order chi connectivity index (χ0) is 47.9. The van der Waals surface area contributed by atoms with Crippen molar-refractivity contribution < 1.29 is 79.8 Å². The molecule has 0 bridgehead atoms. The Hall–Kier alpha value is -1.49. The first kappa shape index (κ1) is 57.6. The van der Waals surface area contributed by atoms with Gasteiger partial charge in [0.05, 0.1) is 134 Å². The minimum absolute atomic E-state index is 0.0209. The molecule has 0 spiro atoms. The van der Waals surface area contributed by atoms with Crippen LogP contribution in [0.1, 0.15) is 53.4 Å². The number of nitrogens with one attached hydrogen (secondary N) is 4. The third kappa shape index (κ3) is 15.3. The number of rotatable bonds is 26. The van der Waals surface area contributed by atoms with Crippen molar-refractivity contribution >= 4 is 161 Å². The molecule has 0 aliphatic rings. The predicted octanol–water partition coefficient (Wildman–Crippen LogP) is -2.91. The van der Waals surface area contributed by atoms with Crippen LogP contribution in [0.2, 0.25) is 0 Å². The lowest BCUT2D eigenvalue weighted by Gasteiger charge is -2.30. The number of hydrogen-bond donors (Lipinski definition) is 14. The van der Waals surface area contributed by atoms with E-state index in [1.54, 1.807) is 113 Å². The number of aliphatic hydroxyl groups is 10. The largest absolute Gasteiger partial charge is 0.394 e. The smallest absolute Gasteiger partial charge is 0.253 e. The van der Waals surface area contributed by atoms with E-state index in [-0.39, 0.29) is 70.1 Å². The zero-order valence-electron chi connectivity index (χ0n) is 33.1. The molecular formula is C36H47I5N6O16. The molecule has 0 aliphatic heterocycles. The van der Waals surface area contributed by atoms with Crippen LogP contribution >= 0.6 is 113 Å². The van der Waals surface area contributed by atoms with Gasteiger partial charge in [-0.25, -0.2) is 0 Å². The molecule has 27 heteroatoms. The van der Waals surface area contributed by atoms with Crippen LogP contribution in [0.25, 0.3) is 0 Å². The summed E-state index contributed by atoms with van der Waals surface area (Å²) < 4.78 is 0.488. The van der Waals surface area contributed by atoms with E-state index in [4.69, 9.17) is 0 Å². The number of nitrogens with zero attached hydrogens (tertiary/aromatic N) is 2. The van der Waals surface area contributed by atoms with E-state index in [1.807, 2.05) is 0 Å². The molecule has 4 unspecified atom stereocenters. The first-order valence-corrected chi connectivity index (χ1v) is 23.8. The predicted molar refractivity (Wildman–Crippen MR) is 266 cm³/mol. The number of carbonyl (C=O) groups is 6. The Morgan fingerprint density at radius 2 is 0.841 bits per heavy atom. The molecule has 0 radical (unpaired) electrons. The topological polar surface area (TPSA) is 359 Å². The lowest BCUT2D eigenvalue weighted by molar-refractivity contribution is -0.108. The Morgan fingerprint density at radius 3 is 1.21 bits per heavy atom. The zero-order valence-corrected chi connectivity index (χ0v) is 43.9. The van der Waals surface area contributed by atoms with Crippen molar-refractivity contribution in [2.75, 3.05) is 75.6 Å². The van der Waals surface area contributed by atoms with Gasteiger partial charge in [-0.2, -0.15) is 0 Å². The van der Waals surface area contributed by atoms with E-state index in [0.717, 1.165) is 9.80 Å². The highest BCUT2D eigenvalue weighted by atomic mass is 127. The van der Waals surface area contributed by atoms with E-state index >= 15 is 0 Å². The molecule has 0 heterocycles. The molecule has 63 heavy (non-hydrogen) atoms. The van der Waals surface area contributed by atoms with Crippen molar-refractivity contribution in [1.82, 2.24) is 21.3 Å². The van der Waals surface area contributed by atoms with Crippen LogP contribution in [0.3, 0.4) is 0 Å². The van der Waals surface area contributed by atoms with Gasteiger partial charge >= 0.3 is 0 Å². The third-order valence-electron chi connectivity index (χ3n) is 8.96. The molecule has 22 nitrogen and oxygen atoms in total. The highest BCUT2D eigenvalue weighted by molar-refractivity contribution is 14.1. The standard InChI is InChI=1S/C36H47I5N6O16/c1-15-22(33(60)42-3-20(58)11-52)26(37)24(35(62)44-16(7-48)8-49)28(39)31(15)46(13-54)5-18(56)2-19(57)6-47(14-55)32-29(40)23(34(61)43-4-21(59)12-53)27(38)25(30(32)41)36(63)45-17(9-50)10-51/h13-14,16-21,48-53,56-59H,2-12H2,1H3,(H,42,60)(H,43,61)(H,44,62)(H,45,63). The summed E-state index contributed by atoms with van der Waals surface area (Å²) >= 11 is 8.74. The highest BCUT2D eigenvalue weighted by Gasteiger charge is 2.34. The number of amides is 6. The second kappa shape index (κ2) is 28.0. The molecule has 4 atom stereocenters. The van der Waals surface area contributed by atoms with Gasteiger partial charge in [0.2, 0.25) is 12.8 Å². The molecule has 352 valence electrons. The fraction of sp³-hybridized carbons (Fsp3) is 0.500. The number of aliphatic hydroxyl groups excluding tert-OH is 10. The summed E-state index contributed by atoms with van der Waals surface area (Å²) in [6.07, 6.45) is -5.67. The molecule has 2 aromatic rings.